The van der Waals surface area contributed by atoms with E-state index >= 15 is 0 Å². The topological polar surface area (TPSA) is 123 Å². The fourth-order valence-electron chi connectivity index (χ4n) is 2.90. The van der Waals surface area contributed by atoms with Gasteiger partial charge in [-0.15, -0.1) is 0 Å². The molecule has 2 rings (SSSR count). The monoisotopic (exact) mass is 490 g/mol. The maximum absolute atomic E-state index is 12.9. The molecule has 9 heteroatoms. The second kappa shape index (κ2) is 12.0. The third-order valence-corrected chi connectivity index (χ3v) is 5.16. The zero-order valence-corrected chi connectivity index (χ0v) is 19.1. The number of hydrogen-bond donors (Lipinski definition) is 3. The van der Waals surface area contributed by atoms with Gasteiger partial charge in [-0.3, -0.25) is 9.59 Å². The Balaban J connectivity index is 2.01. The van der Waals surface area contributed by atoms with E-state index in [4.69, 9.17) is 10.5 Å². The maximum Gasteiger partial charge on any atom is 0.408 e. The van der Waals surface area contributed by atoms with Crippen LogP contribution in [0, 0.1) is 5.92 Å². The van der Waals surface area contributed by atoms with Crippen LogP contribution >= 0.6 is 15.9 Å². The van der Waals surface area contributed by atoms with Gasteiger partial charge in [0, 0.05) is 12.6 Å². The summed E-state index contributed by atoms with van der Waals surface area (Å²) in [5.41, 5.74) is 7.05. The molecule has 0 aliphatic carbocycles. The number of aromatic nitrogens is 1. The molecule has 0 bridgehead atoms. The Bertz CT molecular complexity index is 892. The number of carbonyl (C=O) groups excluding carboxylic acids is 3. The van der Waals surface area contributed by atoms with Crippen LogP contribution in [0.15, 0.2) is 53.3 Å². The molecule has 1 aromatic heterocycles. The summed E-state index contributed by atoms with van der Waals surface area (Å²) in [5.74, 6) is -1.07. The molecule has 0 aliphatic rings. The predicted octanol–water partition coefficient (Wildman–Crippen LogP) is 2.70. The van der Waals surface area contributed by atoms with Gasteiger partial charge in [-0.2, -0.15) is 0 Å². The van der Waals surface area contributed by atoms with Crippen LogP contribution in [0.1, 0.15) is 31.4 Å². The third kappa shape index (κ3) is 8.37. The van der Waals surface area contributed by atoms with E-state index in [1.807, 2.05) is 44.2 Å². The number of nitrogens with one attached hydrogen (secondary N) is 2. The molecule has 0 radical (unpaired) electrons. The van der Waals surface area contributed by atoms with Crippen molar-refractivity contribution in [3.8, 4) is 0 Å². The summed E-state index contributed by atoms with van der Waals surface area (Å²) in [6.07, 6.45) is 1.43. The second-order valence-electron chi connectivity index (χ2n) is 7.51. The fourth-order valence-corrected chi connectivity index (χ4v) is 3.31. The SMILES string of the molecule is CC(C)C[C@H](NC(=O)OCc1ccccc1)C(=O)N[C@H](Cc1cccnc1Br)C(N)=O. The fraction of sp³-hybridized carbons (Fsp3) is 0.364. The number of alkyl carbamates (subject to hydrolysis) is 1. The second-order valence-corrected chi connectivity index (χ2v) is 8.26. The molecule has 8 nitrogen and oxygen atoms in total. The van der Waals surface area contributed by atoms with Crippen molar-refractivity contribution in [2.45, 2.75) is 45.4 Å². The van der Waals surface area contributed by atoms with Gasteiger partial charge in [0.05, 0.1) is 0 Å². The number of nitrogens with zero attached hydrogens (tertiary/aromatic N) is 1. The average molecular weight is 491 g/mol. The minimum absolute atomic E-state index is 0.0850. The van der Waals surface area contributed by atoms with Crippen LogP contribution in [0.3, 0.4) is 0 Å². The zero-order chi connectivity index (χ0) is 22.8. The average Bonchev–Trinajstić information content (AvgIpc) is 2.73. The number of rotatable bonds is 10. The Morgan fingerprint density at radius 3 is 2.39 bits per heavy atom. The van der Waals surface area contributed by atoms with Gasteiger partial charge in [0.1, 0.15) is 23.3 Å². The van der Waals surface area contributed by atoms with Crippen molar-refractivity contribution >= 4 is 33.8 Å². The Labute approximate surface area is 190 Å². The van der Waals surface area contributed by atoms with Crippen LogP contribution < -0.4 is 16.4 Å². The lowest BCUT2D eigenvalue weighted by Crippen LogP contribution is -2.54. The minimum atomic E-state index is -0.954. The number of pyridine rings is 1. The van der Waals surface area contributed by atoms with Crippen LogP contribution in [0.5, 0.6) is 0 Å². The standard InChI is InChI=1S/C22H27BrN4O4/c1-14(2)11-18(27-22(30)31-13-15-7-4-3-5-8-15)21(29)26-17(20(24)28)12-16-9-6-10-25-19(16)23/h3-10,14,17-18H,11-13H2,1-2H3,(H2,24,28)(H,26,29)(H,27,30)/t17-,18+/m1/s1. The molecule has 0 saturated heterocycles. The van der Waals surface area contributed by atoms with Crippen molar-refractivity contribution in [2.24, 2.45) is 11.7 Å². The van der Waals surface area contributed by atoms with Gasteiger partial charge < -0.3 is 21.1 Å². The lowest BCUT2D eigenvalue weighted by atomic mass is 10.0. The summed E-state index contributed by atoms with van der Waals surface area (Å²) >= 11 is 3.32. The summed E-state index contributed by atoms with van der Waals surface area (Å²) in [4.78, 5) is 41.2. The van der Waals surface area contributed by atoms with Crippen LogP contribution in [0.25, 0.3) is 0 Å². The quantitative estimate of drug-likeness (QED) is 0.441. The van der Waals surface area contributed by atoms with E-state index in [1.54, 1.807) is 18.3 Å². The molecule has 0 saturated carbocycles. The van der Waals surface area contributed by atoms with E-state index in [2.05, 4.69) is 31.5 Å². The van der Waals surface area contributed by atoms with Gasteiger partial charge >= 0.3 is 6.09 Å². The first-order valence-electron chi connectivity index (χ1n) is 9.92. The van der Waals surface area contributed by atoms with Gasteiger partial charge in [0.15, 0.2) is 0 Å². The molecule has 1 heterocycles. The van der Waals surface area contributed by atoms with E-state index < -0.39 is 30.0 Å². The van der Waals surface area contributed by atoms with Crippen molar-refractivity contribution in [3.63, 3.8) is 0 Å². The Hall–Kier alpha value is -2.94. The van der Waals surface area contributed by atoms with Gasteiger partial charge in [-0.1, -0.05) is 50.2 Å². The number of ether oxygens (including phenoxy) is 1. The van der Waals surface area contributed by atoms with Crippen LogP contribution in [-0.4, -0.2) is 35.0 Å². The van der Waals surface area contributed by atoms with Crippen molar-refractivity contribution in [3.05, 3.63) is 64.4 Å². The summed E-state index contributed by atoms with van der Waals surface area (Å²) in [6.45, 7) is 3.94. The smallest absolute Gasteiger partial charge is 0.408 e. The lowest BCUT2D eigenvalue weighted by molar-refractivity contribution is -0.128. The summed E-state index contributed by atoms with van der Waals surface area (Å²) < 4.78 is 5.78. The molecule has 31 heavy (non-hydrogen) atoms. The van der Waals surface area contributed by atoms with E-state index in [0.717, 1.165) is 11.1 Å². The molecule has 0 unspecified atom stereocenters. The highest BCUT2D eigenvalue weighted by Gasteiger charge is 2.27. The highest BCUT2D eigenvalue weighted by molar-refractivity contribution is 9.10. The number of amides is 3. The van der Waals surface area contributed by atoms with Gasteiger partial charge in [0.2, 0.25) is 11.8 Å². The molecule has 2 atom stereocenters. The Kier molecular flexibility index (Phi) is 9.45. The van der Waals surface area contributed by atoms with E-state index in [9.17, 15) is 14.4 Å². The van der Waals surface area contributed by atoms with Crippen LogP contribution in [-0.2, 0) is 27.4 Å². The predicted molar refractivity (Wildman–Crippen MR) is 120 cm³/mol. The molecular formula is C22H27BrN4O4. The van der Waals surface area contributed by atoms with Crippen LogP contribution in [0.4, 0.5) is 4.79 Å². The first kappa shape index (κ1) is 24.3. The molecule has 3 amide bonds. The molecule has 0 spiro atoms. The zero-order valence-electron chi connectivity index (χ0n) is 17.5. The van der Waals surface area contributed by atoms with Gasteiger partial charge in [-0.05, 0) is 45.5 Å². The number of nitrogens with two attached hydrogens (primary N) is 1. The highest BCUT2D eigenvalue weighted by atomic mass is 79.9. The summed E-state index contributed by atoms with van der Waals surface area (Å²) in [6, 6.07) is 10.9. The number of primary amides is 1. The van der Waals surface area contributed by atoms with Crippen molar-refractivity contribution in [2.75, 3.05) is 0 Å². The Morgan fingerprint density at radius 1 is 1.06 bits per heavy atom. The van der Waals surface area contributed by atoms with Crippen molar-refractivity contribution in [1.29, 1.82) is 0 Å². The first-order chi connectivity index (χ1) is 14.8. The number of carbonyl (C=O) groups is 3. The molecule has 4 N–H and O–H groups in total. The number of benzene rings is 1. The van der Waals surface area contributed by atoms with Crippen molar-refractivity contribution < 1.29 is 19.1 Å². The number of halogens is 1. The van der Waals surface area contributed by atoms with Gasteiger partial charge in [0.25, 0.3) is 0 Å². The normalized spacial score (nSPS) is 12.6. The molecule has 0 aliphatic heterocycles. The maximum atomic E-state index is 12.9. The molecule has 2 aromatic rings. The summed E-state index contributed by atoms with van der Waals surface area (Å²) in [5, 5.41) is 5.24. The largest absolute Gasteiger partial charge is 0.445 e. The molecule has 166 valence electrons. The minimum Gasteiger partial charge on any atom is -0.445 e. The van der Waals surface area contributed by atoms with Crippen molar-refractivity contribution in [1.82, 2.24) is 15.6 Å². The molecule has 0 fully saturated rings. The highest BCUT2D eigenvalue weighted by Crippen LogP contribution is 2.15. The lowest BCUT2D eigenvalue weighted by Gasteiger charge is -2.23. The summed E-state index contributed by atoms with van der Waals surface area (Å²) in [7, 11) is 0. The Morgan fingerprint density at radius 2 is 1.77 bits per heavy atom. The van der Waals surface area contributed by atoms with E-state index in [0.29, 0.717) is 11.0 Å². The first-order valence-corrected chi connectivity index (χ1v) is 10.7. The van der Waals surface area contributed by atoms with Gasteiger partial charge in [-0.25, -0.2) is 9.78 Å². The van der Waals surface area contributed by atoms with E-state index in [-0.39, 0.29) is 18.9 Å². The molecule has 1 aromatic carbocycles. The number of hydrogen-bond acceptors (Lipinski definition) is 5. The third-order valence-electron chi connectivity index (χ3n) is 4.45. The molecular weight excluding hydrogens is 464 g/mol. The van der Waals surface area contributed by atoms with Crippen LogP contribution in [0.2, 0.25) is 0 Å². The van der Waals surface area contributed by atoms with E-state index in [1.165, 1.54) is 0 Å².